The lowest BCUT2D eigenvalue weighted by Gasteiger charge is -2.38. The molecule has 2 fully saturated rings. The number of halogens is 3. The molecule has 2 aliphatic heterocycles. The molecule has 0 atom stereocenters. The molecule has 0 saturated carbocycles. The van der Waals surface area contributed by atoms with Crippen LogP contribution in [0, 0.1) is 5.41 Å². The molecule has 1 spiro atoms. The first-order valence-corrected chi connectivity index (χ1v) is 9.42. The van der Waals surface area contributed by atoms with E-state index >= 15 is 0 Å². The molecule has 8 nitrogen and oxygen atoms in total. The highest BCUT2D eigenvalue weighted by Crippen LogP contribution is 2.42. The van der Waals surface area contributed by atoms with Gasteiger partial charge in [-0.3, -0.25) is 9.78 Å². The van der Waals surface area contributed by atoms with Crippen molar-refractivity contribution in [1.82, 2.24) is 19.7 Å². The first-order chi connectivity index (χ1) is 14.0. The molecule has 0 aromatic carbocycles. The van der Waals surface area contributed by atoms with Gasteiger partial charge in [0.2, 0.25) is 5.91 Å². The second kappa shape index (κ2) is 9.31. The van der Waals surface area contributed by atoms with E-state index in [1.807, 2.05) is 28.0 Å². The maximum Gasteiger partial charge on any atom is 0.490 e. The van der Waals surface area contributed by atoms with Gasteiger partial charge in [-0.15, -0.1) is 0 Å². The van der Waals surface area contributed by atoms with Gasteiger partial charge in [0.25, 0.3) is 0 Å². The summed E-state index contributed by atoms with van der Waals surface area (Å²) >= 11 is 0. The van der Waals surface area contributed by atoms with E-state index < -0.39 is 12.1 Å². The first kappa shape index (κ1) is 23.4. The van der Waals surface area contributed by atoms with Crippen molar-refractivity contribution < 1.29 is 32.7 Å². The largest absolute Gasteiger partial charge is 0.490 e. The monoisotopic (exact) mass is 430 g/mol. The molecular formula is C19H25F3N4O4. The smallest absolute Gasteiger partial charge is 0.475 e. The van der Waals surface area contributed by atoms with Crippen LogP contribution in [-0.4, -0.2) is 82.6 Å². The normalized spacial score (nSPS) is 18.1. The zero-order valence-corrected chi connectivity index (χ0v) is 16.9. The molecule has 3 heterocycles. The van der Waals surface area contributed by atoms with Crippen molar-refractivity contribution in [3.05, 3.63) is 30.1 Å². The third kappa shape index (κ3) is 5.61. The third-order valence-electron chi connectivity index (χ3n) is 5.30. The third-order valence-corrected chi connectivity index (χ3v) is 5.30. The Bertz CT molecular complexity index is 763. The Morgan fingerprint density at radius 1 is 1.17 bits per heavy atom. The van der Waals surface area contributed by atoms with E-state index in [0.717, 1.165) is 31.5 Å². The van der Waals surface area contributed by atoms with Gasteiger partial charge in [0.15, 0.2) is 0 Å². The number of carbonyl (C=O) groups excluding carboxylic acids is 2. The summed E-state index contributed by atoms with van der Waals surface area (Å²) in [6.07, 6.45) is -0.895. The number of carbonyl (C=O) groups is 3. The fourth-order valence-corrected chi connectivity index (χ4v) is 3.60. The summed E-state index contributed by atoms with van der Waals surface area (Å²) in [4.78, 5) is 43.5. The van der Waals surface area contributed by atoms with Crippen LogP contribution >= 0.6 is 0 Å². The Kier molecular flexibility index (Phi) is 7.27. The highest BCUT2D eigenvalue weighted by molar-refractivity contribution is 5.85. The van der Waals surface area contributed by atoms with Gasteiger partial charge in [-0.1, -0.05) is 6.07 Å². The van der Waals surface area contributed by atoms with Gasteiger partial charge in [-0.05, 0) is 31.4 Å². The minimum Gasteiger partial charge on any atom is -0.475 e. The van der Waals surface area contributed by atoms with Gasteiger partial charge >= 0.3 is 18.2 Å². The quantitative estimate of drug-likeness (QED) is 0.777. The Labute approximate surface area is 172 Å². The van der Waals surface area contributed by atoms with E-state index in [9.17, 15) is 22.8 Å². The number of piperidine rings is 1. The van der Waals surface area contributed by atoms with Crippen LogP contribution in [0.25, 0.3) is 0 Å². The molecule has 3 amide bonds. The number of rotatable bonds is 2. The molecule has 30 heavy (non-hydrogen) atoms. The fraction of sp³-hybridized carbons (Fsp3) is 0.579. The average Bonchev–Trinajstić information content (AvgIpc) is 2.98. The lowest BCUT2D eigenvalue weighted by molar-refractivity contribution is -0.192. The van der Waals surface area contributed by atoms with Crippen molar-refractivity contribution in [1.29, 1.82) is 0 Å². The molecular weight excluding hydrogens is 405 g/mol. The summed E-state index contributed by atoms with van der Waals surface area (Å²) in [5, 5.41) is 7.12. The summed E-state index contributed by atoms with van der Waals surface area (Å²) in [5.41, 5.74) is 0.663. The predicted molar refractivity (Wildman–Crippen MR) is 100 cm³/mol. The van der Waals surface area contributed by atoms with E-state index in [0.29, 0.717) is 19.6 Å². The predicted octanol–water partition coefficient (Wildman–Crippen LogP) is 2.21. The van der Waals surface area contributed by atoms with Gasteiger partial charge in [-0.25, -0.2) is 9.59 Å². The van der Waals surface area contributed by atoms with Crippen LogP contribution in [0.1, 0.15) is 25.0 Å². The molecule has 2 saturated heterocycles. The number of carboxylic acid groups (broad SMARTS) is 1. The number of carboxylic acids is 1. The van der Waals surface area contributed by atoms with Crippen LogP contribution in [0.5, 0.6) is 0 Å². The minimum atomic E-state index is -5.08. The fourth-order valence-electron chi connectivity index (χ4n) is 3.60. The molecule has 0 unspecified atom stereocenters. The number of urea groups is 1. The van der Waals surface area contributed by atoms with Gasteiger partial charge in [0.05, 0.1) is 17.7 Å². The summed E-state index contributed by atoms with van der Waals surface area (Å²) in [6, 6.07) is 5.82. The molecule has 0 bridgehead atoms. The molecule has 3 rings (SSSR count). The van der Waals surface area contributed by atoms with Crippen molar-refractivity contribution in [2.24, 2.45) is 5.41 Å². The Morgan fingerprint density at radius 3 is 2.20 bits per heavy atom. The van der Waals surface area contributed by atoms with Crippen LogP contribution in [0.2, 0.25) is 0 Å². The number of alkyl halides is 3. The zero-order chi connectivity index (χ0) is 22.5. The van der Waals surface area contributed by atoms with Crippen molar-refractivity contribution >= 4 is 17.9 Å². The van der Waals surface area contributed by atoms with Gasteiger partial charge in [0.1, 0.15) is 0 Å². The van der Waals surface area contributed by atoms with Crippen molar-refractivity contribution in [3.63, 3.8) is 0 Å². The molecule has 11 heteroatoms. The lowest BCUT2D eigenvalue weighted by Crippen LogP contribution is -2.49. The minimum absolute atomic E-state index is 0.0376. The van der Waals surface area contributed by atoms with E-state index in [4.69, 9.17) is 9.90 Å². The number of pyridine rings is 1. The standard InChI is InChI=1S/C17H24N4O2.C2HF3O2/c1-19(2)16(23)20-10-6-17(7-11-20)8-12-21(15(17)22)13-14-5-3-4-9-18-14;3-2(4,5)1(6)7/h3-5,9H,6-8,10-13H2,1-2H3;(H,6,7). The second-order valence-corrected chi connectivity index (χ2v) is 7.55. The molecule has 0 radical (unpaired) electrons. The maximum absolute atomic E-state index is 12.9. The van der Waals surface area contributed by atoms with Gasteiger partial charge < -0.3 is 19.8 Å². The van der Waals surface area contributed by atoms with E-state index in [1.165, 1.54) is 0 Å². The van der Waals surface area contributed by atoms with Crippen molar-refractivity contribution in [2.75, 3.05) is 33.7 Å². The first-order valence-electron chi connectivity index (χ1n) is 9.42. The van der Waals surface area contributed by atoms with Crippen LogP contribution in [-0.2, 0) is 16.1 Å². The van der Waals surface area contributed by atoms with Gasteiger partial charge in [-0.2, -0.15) is 13.2 Å². The van der Waals surface area contributed by atoms with Crippen LogP contribution in [0.15, 0.2) is 24.4 Å². The van der Waals surface area contributed by atoms with Crippen LogP contribution in [0.4, 0.5) is 18.0 Å². The van der Waals surface area contributed by atoms with Crippen LogP contribution in [0.3, 0.4) is 0 Å². The zero-order valence-electron chi connectivity index (χ0n) is 16.9. The van der Waals surface area contributed by atoms with Gasteiger partial charge in [0, 0.05) is 39.9 Å². The summed E-state index contributed by atoms with van der Waals surface area (Å²) in [5.74, 6) is -2.52. The molecule has 166 valence electrons. The highest BCUT2D eigenvalue weighted by atomic mass is 19.4. The number of nitrogens with zero attached hydrogens (tertiary/aromatic N) is 4. The molecule has 0 aliphatic carbocycles. The van der Waals surface area contributed by atoms with Crippen molar-refractivity contribution in [3.8, 4) is 0 Å². The van der Waals surface area contributed by atoms with Crippen molar-refractivity contribution in [2.45, 2.75) is 32.0 Å². The van der Waals surface area contributed by atoms with E-state index in [2.05, 4.69) is 4.98 Å². The number of likely N-dealkylation sites (tertiary alicyclic amines) is 2. The average molecular weight is 430 g/mol. The van der Waals surface area contributed by atoms with E-state index in [1.54, 1.807) is 25.2 Å². The number of hydrogen-bond acceptors (Lipinski definition) is 4. The SMILES string of the molecule is CN(C)C(=O)N1CCC2(CC1)CCN(Cc1ccccn1)C2=O.O=C(O)C(F)(F)F. The van der Waals surface area contributed by atoms with Crippen LogP contribution < -0.4 is 0 Å². The number of amides is 3. The molecule has 1 aromatic heterocycles. The number of hydrogen-bond donors (Lipinski definition) is 1. The molecule has 2 aliphatic rings. The Hall–Kier alpha value is -2.85. The Balaban J connectivity index is 0.000000396. The summed E-state index contributed by atoms with van der Waals surface area (Å²) < 4.78 is 31.7. The summed E-state index contributed by atoms with van der Waals surface area (Å²) in [6.45, 7) is 2.71. The number of aliphatic carboxylic acids is 1. The molecule has 1 N–H and O–H groups in total. The maximum atomic E-state index is 12.9. The number of aromatic nitrogens is 1. The highest BCUT2D eigenvalue weighted by Gasteiger charge is 2.48. The second-order valence-electron chi connectivity index (χ2n) is 7.55. The summed E-state index contributed by atoms with van der Waals surface area (Å²) in [7, 11) is 3.53. The Morgan fingerprint density at radius 2 is 1.73 bits per heavy atom. The topological polar surface area (TPSA) is 94.1 Å². The van der Waals surface area contributed by atoms with E-state index in [-0.39, 0.29) is 17.4 Å². The molecule has 1 aromatic rings. The lowest BCUT2D eigenvalue weighted by atomic mass is 9.77.